The van der Waals surface area contributed by atoms with E-state index < -0.39 is 0 Å². The maximum atomic E-state index is 13.6. The number of aryl methyl sites for hydroxylation is 1. The quantitative estimate of drug-likeness (QED) is 0.289. The summed E-state index contributed by atoms with van der Waals surface area (Å²) in [6.45, 7) is 6.39. The predicted molar refractivity (Wildman–Crippen MR) is 136 cm³/mol. The highest BCUT2D eigenvalue weighted by Crippen LogP contribution is 2.23. The van der Waals surface area contributed by atoms with Gasteiger partial charge in [-0.1, -0.05) is 6.07 Å². The molecule has 2 heterocycles. The van der Waals surface area contributed by atoms with Crippen LogP contribution in [-0.4, -0.2) is 57.0 Å². The van der Waals surface area contributed by atoms with Crippen molar-refractivity contribution in [2.75, 3.05) is 46.2 Å². The number of rotatable bonds is 8. The van der Waals surface area contributed by atoms with E-state index in [0.717, 1.165) is 54.7 Å². The maximum absolute atomic E-state index is 13.6. The second-order valence-corrected chi connectivity index (χ2v) is 8.13. The first kappa shape index (κ1) is 26.0. The van der Waals surface area contributed by atoms with Crippen LogP contribution in [0.5, 0.6) is 0 Å². The number of hydrogen-bond acceptors (Lipinski definition) is 5. The molecule has 1 atom stereocenters. The normalized spacial score (nSPS) is 15.9. The van der Waals surface area contributed by atoms with Crippen molar-refractivity contribution in [3.8, 4) is 0 Å². The average molecular weight is 562 g/mol. The number of nitrogens with zero attached hydrogens (tertiary/aromatic N) is 2. The molecule has 1 saturated heterocycles. The van der Waals surface area contributed by atoms with Crippen molar-refractivity contribution < 1.29 is 13.5 Å². The van der Waals surface area contributed by atoms with Crippen LogP contribution in [0.2, 0.25) is 0 Å². The highest BCUT2D eigenvalue weighted by atomic mass is 127. The molecule has 1 fully saturated rings. The van der Waals surface area contributed by atoms with Crippen LogP contribution in [0.1, 0.15) is 28.7 Å². The minimum Gasteiger partial charge on any atom is -0.465 e. The van der Waals surface area contributed by atoms with Crippen molar-refractivity contribution in [1.82, 2.24) is 15.5 Å². The van der Waals surface area contributed by atoms with Gasteiger partial charge in [-0.3, -0.25) is 9.89 Å². The van der Waals surface area contributed by atoms with Crippen molar-refractivity contribution >= 4 is 41.7 Å². The average Bonchev–Trinajstić information content (AvgIpc) is 3.18. The molecule has 172 valence electrons. The summed E-state index contributed by atoms with van der Waals surface area (Å²) in [7, 11) is 1.75. The van der Waals surface area contributed by atoms with E-state index in [2.05, 4.69) is 20.5 Å². The van der Waals surface area contributed by atoms with Gasteiger partial charge < -0.3 is 19.8 Å². The summed E-state index contributed by atoms with van der Waals surface area (Å²) < 4.78 is 25.0. The van der Waals surface area contributed by atoms with Crippen LogP contribution in [0.3, 0.4) is 0 Å². The fourth-order valence-corrected chi connectivity index (χ4v) is 4.16. The molecule has 0 aliphatic carbocycles. The molecule has 0 saturated carbocycles. The molecule has 9 heteroatoms. The molecule has 1 aliphatic rings. The van der Waals surface area contributed by atoms with Gasteiger partial charge >= 0.3 is 0 Å². The van der Waals surface area contributed by atoms with Gasteiger partial charge in [0.25, 0.3) is 0 Å². The lowest BCUT2D eigenvalue weighted by molar-refractivity contribution is 0.0124. The third kappa shape index (κ3) is 7.65. The van der Waals surface area contributed by atoms with Gasteiger partial charge in [-0.05, 0) is 48.6 Å². The largest absolute Gasteiger partial charge is 0.465 e. The molecule has 0 bridgehead atoms. The van der Waals surface area contributed by atoms with E-state index in [-0.39, 0.29) is 35.8 Å². The third-order valence-corrected chi connectivity index (χ3v) is 5.78. The number of hydrogen-bond donors (Lipinski definition) is 2. The standard InChI is InChI=1S/C22H31FN4O2S.HI/c1-16-4-7-21(29-16)20(27-8-10-28-11-9-27)14-26-22(24-2)25-13-17-5-6-19(23)12-18(17)15-30-3;/h4-7,12,20H,8-11,13-15H2,1-3H3,(H2,24,25,26);1H. The number of halogens is 2. The van der Waals surface area contributed by atoms with E-state index in [1.807, 2.05) is 31.4 Å². The Bertz CT molecular complexity index is 843. The first-order valence-corrected chi connectivity index (χ1v) is 11.6. The molecule has 31 heavy (non-hydrogen) atoms. The molecule has 0 radical (unpaired) electrons. The van der Waals surface area contributed by atoms with Crippen LogP contribution in [0.25, 0.3) is 0 Å². The molecule has 1 aromatic carbocycles. The second-order valence-electron chi connectivity index (χ2n) is 7.27. The Morgan fingerprint density at radius 1 is 1.19 bits per heavy atom. The molecule has 0 spiro atoms. The molecular formula is C22H32FIN4O2S. The van der Waals surface area contributed by atoms with Crippen molar-refractivity contribution in [3.63, 3.8) is 0 Å². The van der Waals surface area contributed by atoms with Crippen LogP contribution in [0, 0.1) is 12.7 Å². The number of thioether (sulfide) groups is 1. The Labute approximate surface area is 205 Å². The number of ether oxygens (including phenoxy) is 1. The molecule has 2 N–H and O–H groups in total. The van der Waals surface area contributed by atoms with E-state index in [1.165, 1.54) is 6.07 Å². The van der Waals surface area contributed by atoms with Crippen LogP contribution in [0.15, 0.2) is 39.7 Å². The van der Waals surface area contributed by atoms with E-state index in [4.69, 9.17) is 9.15 Å². The summed E-state index contributed by atoms with van der Waals surface area (Å²) in [5.41, 5.74) is 2.07. The Balaban J connectivity index is 0.00000341. The molecule has 1 aliphatic heterocycles. The van der Waals surface area contributed by atoms with Gasteiger partial charge in [0.15, 0.2) is 5.96 Å². The summed E-state index contributed by atoms with van der Waals surface area (Å²) in [6, 6.07) is 9.09. The predicted octanol–water partition coefficient (Wildman–Crippen LogP) is 3.95. The fraction of sp³-hybridized carbons (Fsp3) is 0.500. The van der Waals surface area contributed by atoms with Gasteiger partial charge in [-0.25, -0.2) is 4.39 Å². The number of guanidine groups is 1. The van der Waals surface area contributed by atoms with Gasteiger partial charge in [0.1, 0.15) is 17.3 Å². The lowest BCUT2D eigenvalue weighted by Gasteiger charge is -2.33. The van der Waals surface area contributed by atoms with Gasteiger partial charge in [0.05, 0.1) is 19.3 Å². The van der Waals surface area contributed by atoms with E-state index >= 15 is 0 Å². The zero-order valence-electron chi connectivity index (χ0n) is 18.3. The molecule has 2 aromatic rings. The van der Waals surface area contributed by atoms with Crippen LogP contribution < -0.4 is 10.6 Å². The smallest absolute Gasteiger partial charge is 0.191 e. The molecule has 0 amide bonds. The Kier molecular flexibility index (Phi) is 11.1. The fourth-order valence-electron chi connectivity index (χ4n) is 3.58. The number of benzene rings is 1. The van der Waals surface area contributed by atoms with Gasteiger partial charge in [0, 0.05) is 39.0 Å². The van der Waals surface area contributed by atoms with Gasteiger partial charge in [-0.15, -0.1) is 24.0 Å². The molecule has 1 aromatic heterocycles. The summed E-state index contributed by atoms with van der Waals surface area (Å²) in [4.78, 5) is 6.73. The van der Waals surface area contributed by atoms with Crippen LogP contribution >= 0.6 is 35.7 Å². The summed E-state index contributed by atoms with van der Waals surface area (Å²) >= 11 is 1.68. The number of furan rings is 1. The van der Waals surface area contributed by atoms with Crippen molar-refractivity contribution in [2.45, 2.75) is 25.3 Å². The maximum Gasteiger partial charge on any atom is 0.191 e. The lowest BCUT2D eigenvalue weighted by Crippen LogP contribution is -2.46. The van der Waals surface area contributed by atoms with Gasteiger partial charge in [0.2, 0.25) is 0 Å². The van der Waals surface area contributed by atoms with Crippen molar-refractivity contribution in [3.05, 3.63) is 58.8 Å². The second kappa shape index (κ2) is 13.3. The van der Waals surface area contributed by atoms with Crippen LogP contribution in [-0.2, 0) is 17.0 Å². The molecule has 3 rings (SSSR count). The van der Waals surface area contributed by atoms with E-state index in [9.17, 15) is 4.39 Å². The minimum absolute atomic E-state index is 0. The number of aliphatic imine (C=N–C) groups is 1. The summed E-state index contributed by atoms with van der Waals surface area (Å²) in [5, 5.41) is 6.78. The lowest BCUT2D eigenvalue weighted by atomic mass is 10.1. The first-order chi connectivity index (χ1) is 14.6. The van der Waals surface area contributed by atoms with Crippen molar-refractivity contribution in [2.24, 2.45) is 4.99 Å². The number of nitrogens with one attached hydrogen (secondary N) is 2. The highest BCUT2D eigenvalue weighted by Gasteiger charge is 2.25. The third-order valence-electron chi connectivity index (χ3n) is 5.18. The zero-order chi connectivity index (χ0) is 21.3. The SMILES string of the molecule is CN=C(NCc1ccc(F)cc1CSC)NCC(c1ccc(C)o1)N1CCOCC1.I. The van der Waals surface area contributed by atoms with Crippen molar-refractivity contribution in [1.29, 1.82) is 0 Å². The number of morpholine rings is 1. The van der Waals surface area contributed by atoms with E-state index in [1.54, 1.807) is 24.9 Å². The monoisotopic (exact) mass is 562 g/mol. The Morgan fingerprint density at radius 2 is 1.97 bits per heavy atom. The highest BCUT2D eigenvalue weighted by molar-refractivity contribution is 14.0. The van der Waals surface area contributed by atoms with Crippen LogP contribution in [0.4, 0.5) is 4.39 Å². The molecular weight excluding hydrogens is 530 g/mol. The summed E-state index contributed by atoms with van der Waals surface area (Å²) in [6.07, 6.45) is 2.02. The first-order valence-electron chi connectivity index (χ1n) is 10.2. The topological polar surface area (TPSA) is 62.0 Å². The Morgan fingerprint density at radius 3 is 2.61 bits per heavy atom. The van der Waals surface area contributed by atoms with Gasteiger partial charge in [-0.2, -0.15) is 11.8 Å². The van der Waals surface area contributed by atoms with E-state index in [0.29, 0.717) is 19.0 Å². The molecule has 6 nitrogen and oxygen atoms in total. The Hall–Kier alpha value is -1.30. The summed E-state index contributed by atoms with van der Waals surface area (Å²) in [5.74, 6) is 3.13. The zero-order valence-corrected chi connectivity index (χ0v) is 21.5. The minimum atomic E-state index is -0.201. The molecule has 1 unspecified atom stereocenters.